The van der Waals surface area contributed by atoms with E-state index in [-0.39, 0.29) is 0 Å². The number of aromatic nitrogens is 2. The van der Waals surface area contributed by atoms with Crippen LogP contribution in [0.2, 0.25) is 0 Å². The molecule has 0 aliphatic carbocycles. The predicted molar refractivity (Wildman–Crippen MR) is 49.6 cm³/mol. The Morgan fingerprint density at radius 1 is 1.58 bits per heavy atom. The molecule has 64 valence electrons. The van der Waals surface area contributed by atoms with Gasteiger partial charge in [0.1, 0.15) is 5.82 Å². The Hall–Kier alpha value is -1.23. The van der Waals surface area contributed by atoms with Crippen LogP contribution in [0.1, 0.15) is 25.1 Å². The Bertz CT molecular complexity index is 268. The van der Waals surface area contributed by atoms with Crippen molar-refractivity contribution in [1.82, 2.24) is 9.55 Å². The predicted octanol–water partition coefficient (Wildman–Crippen LogP) is 2.00. The summed E-state index contributed by atoms with van der Waals surface area (Å²) in [7, 11) is 0. The zero-order valence-corrected chi connectivity index (χ0v) is 7.45. The molecule has 0 aliphatic rings. The molecule has 12 heavy (non-hydrogen) atoms. The monoisotopic (exact) mass is 162 g/mol. The lowest BCUT2D eigenvalue weighted by Crippen LogP contribution is -1.98. The molecule has 1 aromatic heterocycles. The zero-order chi connectivity index (χ0) is 8.81. The SMILES string of the molecule is C#CCCCCn1ccnc1C. The maximum atomic E-state index is 5.15. The second-order valence-corrected chi connectivity index (χ2v) is 2.83. The number of hydrogen-bond donors (Lipinski definition) is 0. The van der Waals surface area contributed by atoms with E-state index in [1.807, 2.05) is 19.3 Å². The van der Waals surface area contributed by atoms with E-state index in [2.05, 4.69) is 15.5 Å². The molecule has 0 bridgehead atoms. The molecule has 0 saturated heterocycles. The van der Waals surface area contributed by atoms with Gasteiger partial charge in [0.2, 0.25) is 0 Å². The highest BCUT2D eigenvalue weighted by Gasteiger charge is 1.94. The van der Waals surface area contributed by atoms with Crippen molar-refractivity contribution in [1.29, 1.82) is 0 Å². The molecule has 2 nitrogen and oxygen atoms in total. The molecule has 0 aliphatic heterocycles. The van der Waals surface area contributed by atoms with Crippen LogP contribution in [0.5, 0.6) is 0 Å². The highest BCUT2D eigenvalue weighted by atomic mass is 15.0. The van der Waals surface area contributed by atoms with Crippen molar-refractivity contribution in [3.05, 3.63) is 18.2 Å². The lowest BCUT2D eigenvalue weighted by atomic mass is 10.2. The molecule has 0 N–H and O–H groups in total. The maximum absolute atomic E-state index is 5.15. The first-order valence-electron chi connectivity index (χ1n) is 4.26. The smallest absolute Gasteiger partial charge is 0.105 e. The highest BCUT2D eigenvalue weighted by Crippen LogP contribution is 2.01. The molecular formula is C10H14N2. The van der Waals surface area contributed by atoms with Crippen molar-refractivity contribution >= 4 is 0 Å². The number of unbranched alkanes of at least 4 members (excludes halogenated alkanes) is 2. The first-order chi connectivity index (χ1) is 5.84. The lowest BCUT2D eigenvalue weighted by molar-refractivity contribution is 0.604. The minimum Gasteiger partial charge on any atom is -0.335 e. The van der Waals surface area contributed by atoms with E-state index in [1.54, 1.807) is 0 Å². The van der Waals surface area contributed by atoms with Crippen molar-refractivity contribution in [3.8, 4) is 12.3 Å². The minimum absolute atomic E-state index is 0.883. The summed E-state index contributed by atoms with van der Waals surface area (Å²) in [6.45, 7) is 3.05. The molecule has 0 fully saturated rings. The second kappa shape index (κ2) is 4.61. The van der Waals surface area contributed by atoms with Gasteiger partial charge in [-0.15, -0.1) is 12.3 Å². The zero-order valence-electron chi connectivity index (χ0n) is 7.45. The normalized spacial score (nSPS) is 9.67. The quantitative estimate of drug-likeness (QED) is 0.489. The van der Waals surface area contributed by atoms with Crippen LogP contribution in [0, 0.1) is 19.3 Å². The summed E-state index contributed by atoms with van der Waals surface area (Å²) in [6.07, 6.45) is 12.1. The maximum Gasteiger partial charge on any atom is 0.105 e. The Labute approximate surface area is 73.6 Å². The summed E-state index contributed by atoms with van der Waals surface area (Å²) < 4.78 is 2.15. The molecule has 0 spiro atoms. The van der Waals surface area contributed by atoms with Gasteiger partial charge in [-0.25, -0.2) is 4.98 Å². The highest BCUT2D eigenvalue weighted by molar-refractivity contribution is 4.88. The second-order valence-electron chi connectivity index (χ2n) is 2.83. The molecule has 0 aromatic carbocycles. The third-order valence-electron chi connectivity index (χ3n) is 1.89. The van der Waals surface area contributed by atoms with Crippen LogP contribution in [-0.4, -0.2) is 9.55 Å². The fourth-order valence-corrected chi connectivity index (χ4v) is 1.15. The average molecular weight is 162 g/mol. The molecule has 1 rings (SSSR count). The standard InChI is InChI=1S/C10H14N2/c1-3-4-5-6-8-12-9-7-11-10(12)2/h1,7,9H,4-6,8H2,2H3. The van der Waals surface area contributed by atoms with Crippen molar-refractivity contribution < 1.29 is 0 Å². The summed E-state index contributed by atoms with van der Waals surface area (Å²) in [5.41, 5.74) is 0. The van der Waals surface area contributed by atoms with E-state index in [9.17, 15) is 0 Å². The van der Waals surface area contributed by atoms with Crippen LogP contribution >= 0.6 is 0 Å². The van der Waals surface area contributed by atoms with Crippen molar-refractivity contribution in [3.63, 3.8) is 0 Å². The van der Waals surface area contributed by atoms with Gasteiger partial charge in [-0.05, 0) is 19.8 Å². The first-order valence-corrected chi connectivity index (χ1v) is 4.26. The first kappa shape index (κ1) is 8.86. The Morgan fingerprint density at radius 3 is 3.00 bits per heavy atom. The fourth-order valence-electron chi connectivity index (χ4n) is 1.15. The summed E-state index contributed by atoms with van der Waals surface area (Å²) in [5.74, 6) is 3.72. The fraction of sp³-hybridized carbons (Fsp3) is 0.500. The summed E-state index contributed by atoms with van der Waals surface area (Å²) >= 11 is 0. The van der Waals surface area contributed by atoms with Gasteiger partial charge < -0.3 is 4.57 Å². The number of hydrogen-bond acceptors (Lipinski definition) is 1. The molecule has 0 atom stereocenters. The van der Waals surface area contributed by atoms with Gasteiger partial charge in [0.25, 0.3) is 0 Å². The molecule has 0 amide bonds. The van der Waals surface area contributed by atoms with Crippen LogP contribution in [-0.2, 0) is 6.54 Å². The minimum atomic E-state index is 0.883. The van der Waals surface area contributed by atoms with E-state index in [4.69, 9.17) is 6.42 Å². The average Bonchev–Trinajstić information content (AvgIpc) is 2.46. The van der Waals surface area contributed by atoms with E-state index in [1.165, 1.54) is 0 Å². The molecule has 2 heteroatoms. The third-order valence-corrected chi connectivity index (χ3v) is 1.89. The van der Waals surface area contributed by atoms with Gasteiger partial charge in [-0.3, -0.25) is 0 Å². The van der Waals surface area contributed by atoms with Gasteiger partial charge in [0.05, 0.1) is 0 Å². The van der Waals surface area contributed by atoms with Gasteiger partial charge >= 0.3 is 0 Å². The van der Waals surface area contributed by atoms with E-state index in [0.29, 0.717) is 0 Å². The van der Waals surface area contributed by atoms with Crippen LogP contribution in [0.4, 0.5) is 0 Å². The summed E-state index contributed by atoms with van der Waals surface area (Å²) in [5, 5.41) is 0. The van der Waals surface area contributed by atoms with E-state index in [0.717, 1.165) is 31.6 Å². The van der Waals surface area contributed by atoms with Crippen LogP contribution in [0.3, 0.4) is 0 Å². The Kier molecular flexibility index (Phi) is 3.40. The van der Waals surface area contributed by atoms with Gasteiger partial charge in [0, 0.05) is 25.4 Å². The molecular weight excluding hydrogens is 148 g/mol. The van der Waals surface area contributed by atoms with Gasteiger partial charge in [-0.1, -0.05) is 0 Å². The number of nitrogens with zero attached hydrogens (tertiary/aromatic N) is 2. The Balaban J connectivity index is 2.25. The molecule has 1 heterocycles. The van der Waals surface area contributed by atoms with Crippen LogP contribution in [0.25, 0.3) is 0 Å². The Morgan fingerprint density at radius 2 is 2.42 bits per heavy atom. The third kappa shape index (κ3) is 2.43. The van der Waals surface area contributed by atoms with Crippen LogP contribution in [0.15, 0.2) is 12.4 Å². The number of rotatable bonds is 4. The van der Waals surface area contributed by atoms with Crippen molar-refractivity contribution in [2.24, 2.45) is 0 Å². The van der Waals surface area contributed by atoms with Crippen molar-refractivity contribution in [2.45, 2.75) is 32.7 Å². The van der Waals surface area contributed by atoms with E-state index < -0.39 is 0 Å². The van der Waals surface area contributed by atoms with Gasteiger partial charge in [0.15, 0.2) is 0 Å². The van der Waals surface area contributed by atoms with Crippen LogP contribution < -0.4 is 0 Å². The number of imidazole rings is 1. The molecule has 0 unspecified atom stereocenters. The largest absolute Gasteiger partial charge is 0.335 e. The number of aryl methyl sites for hydroxylation is 2. The molecule has 0 radical (unpaired) electrons. The summed E-state index contributed by atoms with van der Waals surface area (Å²) in [6, 6.07) is 0. The van der Waals surface area contributed by atoms with Gasteiger partial charge in [-0.2, -0.15) is 0 Å². The topological polar surface area (TPSA) is 17.8 Å². The van der Waals surface area contributed by atoms with E-state index >= 15 is 0 Å². The molecule has 1 aromatic rings. The lowest BCUT2D eigenvalue weighted by Gasteiger charge is -2.02. The molecule has 0 saturated carbocycles. The van der Waals surface area contributed by atoms with Crippen molar-refractivity contribution in [2.75, 3.05) is 0 Å². The summed E-state index contributed by atoms with van der Waals surface area (Å²) in [4.78, 5) is 4.14. The number of terminal acetylenes is 1.